The number of rotatable bonds is 6. The van der Waals surface area contributed by atoms with Gasteiger partial charge in [0.1, 0.15) is 11.3 Å². The molecule has 0 aliphatic rings. The van der Waals surface area contributed by atoms with Gasteiger partial charge in [0.25, 0.3) is 0 Å². The number of nitrogens with zero attached hydrogens (tertiary/aromatic N) is 3. The molecule has 0 saturated carbocycles. The third kappa shape index (κ3) is 4.19. The highest BCUT2D eigenvalue weighted by Gasteiger charge is 2.11. The van der Waals surface area contributed by atoms with Crippen LogP contribution in [-0.4, -0.2) is 41.4 Å². The Bertz CT molecular complexity index is 865. The molecule has 0 aliphatic carbocycles. The van der Waals surface area contributed by atoms with E-state index < -0.39 is 0 Å². The standard InChI is InChI=1S/C18H23N5O2/c1-13-15-6-4-5-7-16(15)25-17(13)11-19-18(24)21-14-10-20-23(12-14)9-8-22(2)3/h4-7,10,12H,8-9,11H2,1-3H3,(H2,19,21,24). The number of aryl methyl sites for hydroxylation is 1. The molecule has 3 aromatic rings. The smallest absolute Gasteiger partial charge is 0.319 e. The zero-order valence-corrected chi connectivity index (χ0v) is 14.7. The Morgan fingerprint density at radius 1 is 1.32 bits per heavy atom. The molecule has 0 aliphatic heterocycles. The van der Waals surface area contributed by atoms with Gasteiger partial charge in [0.15, 0.2) is 0 Å². The number of hydrogen-bond acceptors (Lipinski definition) is 4. The normalized spacial score (nSPS) is 11.2. The summed E-state index contributed by atoms with van der Waals surface area (Å²) >= 11 is 0. The first-order chi connectivity index (χ1) is 12.0. The summed E-state index contributed by atoms with van der Waals surface area (Å²) in [6.45, 7) is 3.99. The third-order valence-corrected chi connectivity index (χ3v) is 4.02. The van der Waals surface area contributed by atoms with Gasteiger partial charge in [-0.05, 0) is 27.1 Å². The Labute approximate surface area is 146 Å². The lowest BCUT2D eigenvalue weighted by atomic mass is 10.1. The monoisotopic (exact) mass is 341 g/mol. The minimum absolute atomic E-state index is 0.285. The van der Waals surface area contributed by atoms with E-state index in [1.807, 2.05) is 51.5 Å². The topological polar surface area (TPSA) is 75.3 Å². The van der Waals surface area contributed by atoms with E-state index in [0.29, 0.717) is 12.2 Å². The van der Waals surface area contributed by atoms with E-state index in [2.05, 4.69) is 20.6 Å². The van der Waals surface area contributed by atoms with E-state index in [9.17, 15) is 4.79 Å². The lowest BCUT2D eigenvalue weighted by molar-refractivity contribution is 0.251. The number of nitrogens with one attached hydrogen (secondary N) is 2. The van der Waals surface area contributed by atoms with Crippen LogP contribution in [0.4, 0.5) is 10.5 Å². The third-order valence-electron chi connectivity index (χ3n) is 4.02. The second-order valence-electron chi connectivity index (χ2n) is 6.25. The van der Waals surface area contributed by atoms with Crippen molar-refractivity contribution in [1.82, 2.24) is 20.0 Å². The first kappa shape index (κ1) is 17.0. The van der Waals surface area contributed by atoms with Crippen LogP contribution in [0, 0.1) is 6.92 Å². The number of fused-ring (bicyclic) bond motifs is 1. The lowest BCUT2D eigenvalue weighted by Gasteiger charge is -2.08. The predicted octanol–water partition coefficient (Wildman–Crippen LogP) is 2.82. The molecule has 0 radical (unpaired) electrons. The first-order valence-electron chi connectivity index (χ1n) is 8.22. The number of benzene rings is 1. The summed E-state index contributed by atoms with van der Waals surface area (Å²) in [4.78, 5) is 14.2. The Kier molecular flexibility index (Phi) is 5.04. The van der Waals surface area contributed by atoms with Gasteiger partial charge >= 0.3 is 6.03 Å². The van der Waals surface area contributed by atoms with Gasteiger partial charge in [-0.2, -0.15) is 5.10 Å². The fourth-order valence-corrected chi connectivity index (χ4v) is 2.58. The maximum absolute atomic E-state index is 12.1. The Morgan fingerprint density at radius 2 is 2.12 bits per heavy atom. The molecule has 0 atom stereocenters. The largest absolute Gasteiger partial charge is 0.459 e. The van der Waals surface area contributed by atoms with Gasteiger partial charge in [-0.3, -0.25) is 4.68 Å². The van der Waals surface area contributed by atoms with Gasteiger partial charge in [0.2, 0.25) is 0 Å². The molecule has 0 fully saturated rings. The molecule has 3 rings (SSSR count). The predicted molar refractivity (Wildman–Crippen MR) is 97.6 cm³/mol. The molecule has 1 aromatic carbocycles. The van der Waals surface area contributed by atoms with Crippen molar-refractivity contribution in [1.29, 1.82) is 0 Å². The molecule has 0 bridgehead atoms. The summed E-state index contributed by atoms with van der Waals surface area (Å²) in [5.41, 5.74) is 2.55. The van der Waals surface area contributed by atoms with Crippen LogP contribution >= 0.6 is 0 Å². The van der Waals surface area contributed by atoms with Crippen LogP contribution in [-0.2, 0) is 13.1 Å². The molecular weight excluding hydrogens is 318 g/mol. The van der Waals surface area contributed by atoms with Crippen LogP contribution in [0.2, 0.25) is 0 Å². The molecule has 0 unspecified atom stereocenters. The summed E-state index contributed by atoms with van der Waals surface area (Å²) in [5, 5.41) is 10.9. The van der Waals surface area contributed by atoms with Crippen molar-refractivity contribution in [2.45, 2.75) is 20.0 Å². The van der Waals surface area contributed by atoms with Gasteiger partial charge in [0, 0.05) is 23.7 Å². The highest BCUT2D eigenvalue weighted by Crippen LogP contribution is 2.24. The van der Waals surface area contributed by atoms with Crippen LogP contribution in [0.5, 0.6) is 0 Å². The second-order valence-corrected chi connectivity index (χ2v) is 6.25. The van der Waals surface area contributed by atoms with Crippen molar-refractivity contribution in [3.8, 4) is 0 Å². The Hall–Kier alpha value is -2.80. The zero-order chi connectivity index (χ0) is 17.8. The molecule has 25 heavy (non-hydrogen) atoms. The van der Waals surface area contributed by atoms with Gasteiger partial charge in [-0.1, -0.05) is 18.2 Å². The number of hydrogen-bond donors (Lipinski definition) is 2. The molecule has 2 aromatic heterocycles. The van der Waals surface area contributed by atoms with Gasteiger partial charge < -0.3 is 20.0 Å². The molecular formula is C18H23N5O2. The van der Waals surface area contributed by atoms with Crippen LogP contribution < -0.4 is 10.6 Å². The average Bonchev–Trinajstić information content (AvgIpc) is 3.16. The number of para-hydroxylation sites is 1. The number of urea groups is 1. The summed E-state index contributed by atoms with van der Waals surface area (Å²) in [6.07, 6.45) is 3.46. The Morgan fingerprint density at radius 3 is 2.88 bits per heavy atom. The highest BCUT2D eigenvalue weighted by atomic mass is 16.3. The minimum Gasteiger partial charge on any atom is -0.459 e. The number of furan rings is 1. The number of carbonyl (C=O) groups excluding carboxylic acids is 1. The van der Waals surface area contributed by atoms with E-state index in [1.165, 1.54) is 0 Å². The van der Waals surface area contributed by atoms with E-state index in [0.717, 1.165) is 35.4 Å². The van der Waals surface area contributed by atoms with Gasteiger partial charge in [0.05, 0.1) is 25.0 Å². The summed E-state index contributed by atoms with van der Waals surface area (Å²) in [7, 11) is 4.02. The van der Waals surface area contributed by atoms with Crippen molar-refractivity contribution in [3.63, 3.8) is 0 Å². The summed E-state index contributed by atoms with van der Waals surface area (Å²) in [5.74, 6) is 0.762. The minimum atomic E-state index is -0.285. The molecule has 0 saturated heterocycles. The fraction of sp³-hybridized carbons (Fsp3) is 0.333. The summed E-state index contributed by atoms with van der Waals surface area (Å²) < 4.78 is 7.60. The van der Waals surface area contributed by atoms with E-state index in [1.54, 1.807) is 10.9 Å². The maximum Gasteiger partial charge on any atom is 0.319 e. The van der Waals surface area contributed by atoms with Crippen molar-refractivity contribution in [3.05, 3.63) is 48.0 Å². The SMILES string of the molecule is Cc1c(CNC(=O)Nc2cnn(CCN(C)C)c2)oc2ccccc12. The van der Waals surface area contributed by atoms with E-state index >= 15 is 0 Å². The number of likely N-dealkylation sites (N-methyl/N-ethyl adjacent to an activating group) is 1. The van der Waals surface area contributed by atoms with E-state index in [-0.39, 0.29) is 6.03 Å². The van der Waals surface area contributed by atoms with E-state index in [4.69, 9.17) is 4.42 Å². The molecule has 0 spiro atoms. The molecule has 2 N–H and O–H groups in total. The van der Waals surface area contributed by atoms with Crippen molar-refractivity contribution in [2.75, 3.05) is 26.0 Å². The van der Waals surface area contributed by atoms with Crippen molar-refractivity contribution in [2.24, 2.45) is 0 Å². The number of carbonyl (C=O) groups is 1. The first-order valence-corrected chi connectivity index (χ1v) is 8.22. The second kappa shape index (κ2) is 7.40. The van der Waals surface area contributed by atoms with Gasteiger partial charge in [-0.25, -0.2) is 4.79 Å². The van der Waals surface area contributed by atoms with Crippen LogP contribution in [0.1, 0.15) is 11.3 Å². The quantitative estimate of drug-likeness (QED) is 0.723. The Balaban J connectivity index is 1.55. The fourth-order valence-electron chi connectivity index (χ4n) is 2.58. The number of amides is 2. The molecule has 2 amide bonds. The number of aromatic nitrogens is 2. The highest BCUT2D eigenvalue weighted by molar-refractivity contribution is 5.89. The zero-order valence-electron chi connectivity index (χ0n) is 14.7. The maximum atomic E-state index is 12.1. The van der Waals surface area contributed by atoms with Gasteiger partial charge in [-0.15, -0.1) is 0 Å². The lowest BCUT2D eigenvalue weighted by Crippen LogP contribution is -2.28. The molecule has 2 heterocycles. The van der Waals surface area contributed by atoms with Crippen LogP contribution in [0.15, 0.2) is 41.1 Å². The molecule has 7 nitrogen and oxygen atoms in total. The molecule has 132 valence electrons. The van der Waals surface area contributed by atoms with Crippen molar-refractivity contribution < 1.29 is 9.21 Å². The average molecular weight is 341 g/mol. The molecule has 7 heteroatoms. The number of anilines is 1. The summed E-state index contributed by atoms with van der Waals surface area (Å²) in [6, 6.07) is 7.56. The van der Waals surface area contributed by atoms with Crippen molar-refractivity contribution >= 4 is 22.7 Å². The van der Waals surface area contributed by atoms with Crippen LogP contribution in [0.25, 0.3) is 11.0 Å². The van der Waals surface area contributed by atoms with Crippen LogP contribution in [0.3, 0.4) is 0 Å².